The van der Waals surface area contributed by atoms with Crippen molar-refractivity contribution >= 4 is 40.5 Å². The van der Waals surface area contributed by atoms with E-state index < -0.39 is 10.8 Å². The van der Waals surface area contributed by atoms with Crippen LogP contribution in [0.4, 0.5) is 11.4 Å². The zero-order valence-corrected chi connectivity index (χ0v) is 14.8. The Morgan fingerprint density at radius 3 is 2.88 bits per heavy atom. The van der Waals surface area contributed by atoms with Crippen molar-refractivity contribution in [1.82, 2.24) is 14.9 Å². The molecule has 0 bridgehead atoms. The minimum atomic E-state index is -0.557. The molecule has 0 saturated carbocycles. The van der Waals surface area contributed by atoms with E-state index in [1.807, 2.05) is 0 Å². The maximum absolute atomic E-state index is 12.5. The predicted molar refractivity (Wildman–Crippen MR) is 93.6 cm³/mol. The molecule has 2 aromatic heterocycles. The van der Waals surface area contributed by atoms with Crippen LogP contribution >= 0.6 is 23.2 Å². The fourth-order valence-corrected chi connectivity index (χ4v) is 2.58. The highest BCUT2D eigenvalue weighted by Gasteiger charge is 2.22. The molecule has 1 N–H and O–H groups in total. The highest BCUT2D eigenvalue weighted by atomic mass is 35.5. The number of aromatic nitrogens is 3. The molecule has 134 valence electrons. The summed E-state index contributed by atoms with van der Waals surface area (Å²) in [6.45, 7) is 1.71. The van der Waals surface area contributed by atoms with Crippen LogP contribution < -0.4 is 5.32 Å². The first-order valence-corrected chi connectivity index (χ1v) is 7.99. The molecule has 0 spiro atoms. The molecule has 26 heavy (non-hydrogen) atoms. The molecule has 0 unspecified atom stereocenters. The van der Waals surface area contributed by atoms with Crippen LogP contribution in [0.5, 0.6) is 0 Å². The Morgan fingerprint density at radius 2 is 2.19 bits per heavy atom. The number of halogens is 2. The van der Waals surface area contributed by atoms with Gasteiger partial charge < -0.3 is 9.84 Å². The van der Waals surface area contributed by atoms with Crippen molar-refractivity contribution in [3.8, 4) is 0 Å². The van der Waals surface area contributed by atoms with Gasteiger partial charge in [-0.25, -0.2) is 0 Å². The van der Waals surface area contributed by atoms with E-state index in [4.69, 9.17) is 27.7 Å². The summed E-state index contributed by atoms with van der Waals surface area (Å²) in [6, 6.07) is 4.83. The molecule has 3 aromatic rings. The van der Waals surface area contributed by atoms with E-state index in [1.54, 1.807) is 25.1 Å². The molecule has 0 aliphatic rings. The number of aryl methyl sites for hydroxylation is 1. The lowest BCUT2D eigenvalue weighted by atomic mass is 10.2. The average molecular weight is 396 g/mol. The van der Waals surface area contributed by atoms with Crippen LogP contribution in [-0.2, 0) is 6.54 Å². The van der Waals surface area contributed by atoms with Gasteiger partial charge in [-0.3, -0.25) is 19.6 Å². The number of carbonyl (C=O) groups excluding carboxylic acids is 1. The molecular weight excluding hydrogens is 385 g/mol. The van der Waals surface area contributed by atoms with Gasteiger partial charge in [0.1, 0.15) is 18.2 Å². The summed E-state index contributed by atoms with van der Waals surface area (Å²) < 4.78 is 6.41. The Kier molecular flexibility index (Phi) is 4.92. The number of benzene rings is 1. The maximum Gasteiger partial charge on any atom is 0.307 e. The summed E-state index contributed by atoms with van der Waals surface area (Å²) in [6.07, 6.45) is 2.37. The molecule has 11 heteroatoms. The zero-order valence-electron chi connectivity index (χ0n) is 13.3. The molecule has 3 rings (SSSR count). The number of nitro groups is 1. The van der Waals surface area contributed by atoms with Crippen LogP contribution in [0.25, 0.3) is 0 Å². The average Bonchev–Trinajstić information content (AvgIpc) is 3.20. The van der Waals surface area contributed by atoms with Gasteiger partial charge in [-0.05, 0) is 19.1 Å². The van der Waals surface area contributed by atoms with Crippen molar-refractivity contribution < 1.29 is 14.2 Å². The van der Waals surface area contributed by atoms with Crippen molar-refractivity contribution in [2.45, 2.75) is 13.5 Å². The number of nitrogens with one attached hydrogen (secondary N) is 1. The summed E-state index contributed by atoms with van der Waals surface area (Å²) in [5.74, 6) is -0.159. The van der Waals surface area contributed by atoms with E-state index in [9.17, 15) is 14.9 Å². The summed E-state index contributed by atoms with van der Waals surface area (Å²) in [7, 11) is 0. The van der Waals surface area contributed by atoms with Gasteiger partial charge in [0.15, 0.2) is 5.69 Å². The molecule has 2 heterocycles. The molecule has 0 radical (unpaired) electrons. The second-order valence-corrected chi connectivity index (χ2v) is 6.06. The van der Waals surface area contributed by atoms with Crippen LogP contribution in [0, 0.1) is 17.0 Å². The van der Waals surface area contributed by atoms with Crippen LogP contribution in [0.2, 0.25) is 10.0 Å². The first-order valence-electron chi connectivity index (χ1n) is 7.24. The van der Waals surface area contributed by atoms with E-state index in [1.165, 1.54) is 10.9 Å². The second-order valence-electron chi connectivity index (χ2n) is 5.27. The normalized spacial score (nSPS) is 10.7. The van der Waals surface area contributed by atoms with Crippen LogP contribution in [-0.4, -0.2) is 25.8 Å². The quantitative estimate of drug-likeness (QED) is 0.519. The third-order valence-corrected chi connectivity index (χ3v) is 4.37. The van der Waals surface area contributed by atoms with Crippen molar-refractivity contribution in [3.63, 3.8) is 0 Å². The fourth-order valence-electron chi connectivity index (χ4n) is 2.23. The van der Waals surface area contributed by atoms with Gasteiger partial charge in [0.2, 0.25) is 0 Å². The van der Waals surface area contributed by atoms with Crippen LogP contribution in [0.15, 0.2) is 35.1 Å². The largest absolute Gasteiger partial charge is 0.361 e. The standard InChI is InChI=1S/C15H11Cl2N5O4/c1-8-10(7-21-6-9(5-18-21)22(24)25)14(20-26-8)15(23)19-12-4-2-3-11(16)13(12)17/h2-6H,7H2,1H3,(H,19,23). The number of amides is 1. The molecule has 9 nitrogen and oxygen atoms in total. The van der Waals surface area contributed by atoms with Crippen molar-refractivity contribution in [2.24, 2.45) is 0 Å². The lowest BCUT2D eigenvalue weighted by molar-refractivity contribution is -0.385. The first kappa shape index (κ1) is 17.9. The Balaban J connectivity index is 1.85. The van der Waals surface area contributed by atoms with E-state index in [0.717, 1.165) is 6.20 Å². The molecule has 0 atom stereocenters. The van der Waals surface area contributed by atoms with Gasteiger partial charge in [-0.1, -0.05) is 34.4 Å². The number of anilines is 1. The monoisotopic (exact) mass is 395 g/mol. The lowest BCUT2D eigenvalue weighted by Crippen LogP contribution is -2.16. The Labute approximate surface area is 156 Å². The zero-order chi connectivity index (χ0) is 18.8. The minimum Gasteiger partial charge on any atom is -0.361 e. The van der Waals surface area contributed by atoms with Gasteiger partial charge in [-0.2, -0.15) is 5.10 Å². The van der Waals surface area contributed by atoms with Gasteiger partial charge in [0.05, 0.1) is 27.2 Å². The van der Waals surface area contributed by atoms with Crippen molar-refractivity contribution in [2.75, 3.05) is 5.32 Å². The Bertz CT molecular complexity index is 998. The highest BCUT2D eigenvalue weighted by Crippen LogP contribution is 2.30. The van der Waals surface area contributed by atoms with Crippen molar-refractivity contribution in [1.29, 1.82) is 0 Å². The molecule has 0 saturated heterocycles. The highest BCUT2D eigenvalue weighted by molar-refractivity contribution is 6.44. The number of nitrogens with zero attached hydrogens (tertiary/aromatic N) is 4. The van der Waals surface area contributed by atoms with E-state index >= 15 is 0 Å². The third-order valence-electron chi connectivity index (χ3n) is 3.55. The SMILES string of the molecule is Cc1onc(C(=O)Nc2cccc(Cl)c2Cl)c1Cn1cc([N+](=O)[O-])cn1. The molecule has 0 fully saturated rings. The number of carbonyl (C=O) groups is 1. The molecular formula is C15H11Cl2N5O4. The predicted octanol–water partition coefficient (Wildman–Crippen LogP) is 3.70. The van der Waals surface area contributed by atoms with Gasteiger partial charge in [0, 0.05) is 5.56 Å². The summed E-state index contributed by atoms with van der Waals surface area (Å²) in [5, 5.41) is 21.5. The van der Waals surface area contributed by atoms with Gasteiger partial charge >= 0.3 is 5.69 Å². The van der Waals surface area contributed by atoms with Gasteiger partial charge in [-0.15, -0.1) is 0 Å². The molecule has 0 aliphatic heterocycles. The second kappa shape index (κ2) is 7.14. The van der Waals surface area contributed by atoms with E-state index in [-0.39, 0.29) is 22.9 Å². The van der Waals surface area contributed by atoms with E-state index in [0.29, 0.717) is 22.0 Å². The third kappa shape index (κ3) is 3.53. The Hall–Kier alpha value is -2.91. The number of hydrogen-bond acceptors (Lipinski definition) is 6. The van der Waals surface area contributed by atoms with Crippen LogP contribution in [0.1, 0.15) is 21.8 Å². The molecule has 1 amide bonds. The van der Waals surface area contributed by atoms with Gasteiger partial charge in [0.25, 0.3) is 5.91 Å². The molecule has 0 aliphatic carbocycles. The number of rotatable bonds is 5. The van der Waals surface area contributed by atoms with E-state index in [2.05, 4.69) is 15.6 Å². The number of hydrogen-bond donors (Lipinski definition) is 1. The van der Waals surface area contributed by atoms with Crippen molar-refractivity contribution in [3.05, 3.63) is 67.8 Å². The Morgan fingerprint density at radius 1 is 1.42 bits per heavy atom. The topological polar surface area (TPSA) is 116 Å². The summed E-state index contributed by atoms with van der Waals surface area (Å²) in [4.78, 5) is 22.7. The smallest absolute Gasteiger partial charge is 0.307 e. The lowest BCUT2D eigenvalue weighted by Gasteiger charge is -2.08. The fraction of sp³-hybridized carbons (Fsp3) is 0.133. The maximum atomic E-state index is 12.5. The summed E-state index contributed by atoms with van der Waals surface area (Å²) in [5.41, 5.74) is 0.636. The first-order chi connectivity index (χ1) is 12.4. The minimum absolute atomic E-state index is 0.0247. The summed E-state index contributed by atoms with van der Waals surface area (Å²) >= 11 is 12.0. The van der Waals surface area contributed by atoms with Crippen LogP contribution in [0.3, 0.4) is 0 Å². The molecule has 1 aromatic carbocycles.